The molecule has 1 fully saturated rings. The number of rotatable bonds is 2. The van der Waals surface area contributed by atoms with Crippen LogP contribution >= 0.6 is 11.6 Å². The van der Waals surface area contributed by atoms with Gasteiger partial charge in [-0.2, -0.15) is 0 Å². The molecule has 5 nitrogen and oxygen atoms in total. The third kappa shape index (κ3) is 2.56. The van der Waals surface area contributed by atoms with Crippen LogP contribution in [0.1, 0.15) is 12.0 Å². The number of nitrogens with zero attached hydrogens (tertiary/aromatic N) is 2. The van der Waals surface area contributed by atoms with Gasteiger partial charge < -0.3 is 5.73 Å². The Kier molecular flexibility index (Phi) is 3.51. The fourth-order valence-corrected chi connectivity index (χ4v) is 2.93. The standard InChI is InChI=1S/C15H14ClN3O2/c16-12-3-5-18-13-2-1-9(8-11(12)13)7-10-4-6-19(14(10)20)15(17)21/h1-3,5,8,10H,4,6-7H2,(H2,17,21). The summed E-state index contributed by atoms with van der Waals surface area (Å²) in [6.07, 6.45) is 2.87. The number of amides is 3. The fraction of sp³-hybridized carbons (Fsp3) is 0.267. The summed E-state index contributed by atoms with van der Waals surface area (Å²) in [7, 11) is 0. The molecule has 6 heteroatoms. The predicted molar refractivity (Wildman–Crippen MR) is 79.9 cm³/mol. The molecule has 1 aliphatic heterocycles. The van der Waals surface area contributed by atoms with E-state index in [1.54, 1.807) is 12.3 Å². The Morgan fingerprint density at radius 3 is 2.95 bits per heavy atom. The molecular weight excluding hydrogens is 290 g/mol. The quantitative estimate of drug-likeness (QED) is 0.925. The first-order valence-corrected chi connectivity index (χ1v) is 7.08. The van der Waals surface area contributed by atoms with Crippen molar-refractivity contribution in [3.05, 3.63) is 41.0 Å². The number of nitrogens with two attached hydrogens (primary N) is 1. The van der Waals surface area contributed by atoms with E-state index < -0.39 is 6.03 Å². The Labute approximate surface area is 126 Å². The van der Waals surface area contributed by atoms with Crippen LogP contribution < -0.4 is 5.73 Å². The second-order valence-electron chi connectivity index (χ2n) is 5.16. The highest BCUT2D eigenvalue weighted by Crippen LogP contribution is 2.26. The molecule has 3 amide bonds. The molecule has 1 atom stereocenters. The minimum atomic E-state index is -0.673. The SMILES string of the molecule is NC(=O)N1CCC(Cc2ccc3nccc(Cl)c3c2)C1=O. The van der Waals surface area contributed by atoms with Crippen LogP contribution in [0.15, 0.2) is 30.5 Å². The van der Waals surface area contributed by atoms with Gasteiger partial charge in [0, 0.05) is 24.0 Å². The highest BCUT2D eigenvalue weighted by molar-refractivity contribution is 6.35. The number of aromatic nitrogens is 1. The maximum Gasteiger partial charge on any atom is 0.321 e. The number of urea groups is 1. The maximum absolute atomic E-state index is 12.1. The van der Waals surface area contributed by atoms with Crippen molar-refractivity contribution >= 4 is 34.4 Å². The van der Waals surface area contributed by atoms with Gasteiger partial charge in [0.05, 0.1) is 10.5 Å². The zero-order valence-corrected chi connectivity index (χ0v) is 12.0. The Balaban J connectivity index is 1.84. The van der Waals surface area contributed by atoms with Gasteiger partial charge in [0.25, 0.3) is 0 Å². The summed E-state index contributed by atoms with van der Waals surface area (Å²) in [5.74, 6) is -0.398. The topological polar surface area (TPSA) is 76.3 Å². The summed E-state index contributed by atoms with van der Waals surface area (Å²) < 4.78 is 0. The monoisotopic (exact) mass is 303 g/mol. The van der Waals surface area contributed by atoms with Crippen LogP contribution in [0, 0.1) is 5.92 Å². The fourth-order valence-electron chi connectivity index (χ4n) is 2.72. The molecule has 1 aromatic carbocycles. The summed E-state index contributed by atoms with van der Waals surface area (Å²) in [6, 6.07) is 6.84. The number of benzene rings is 1. The van der Waals surface area contributed by atoms with E-state index in [1.807, 2.05) is 18.2 Å². The van der Waals surface area contributed by atoms with Crippen molar-refractivity contribution in [2.24, 2.45) is 11.7 Å². The number of primary amides is 1. The normalized spacial score (nSPS) is 18.4. The Morgan fingerprint density at radius 2 is 2.24 bits per heavy atom. The Bertz CT molecular complexity index is 732. The molecular formula is C15H14ClN3O2. The number of carbonyl (C=O) groups excluding carboxylic acids is 2. The highest BCUT2D eigenvalue weighted by Gasteiger charge is 2.34. The van der Waals surface area contributed by atoms with Crippen LogP contribution in [0.3, 0.4) is 0 Å². The zero-order valence-electron chi connectivity index (χ0n) is 11.3. The predicted octanol–water partition coefficient (Wildman–Crippen LogP) is 2.36. The third-order valence-electron chi connectivity index (χ3n) is 3.82. The second-order valence-corrected chi connectivity index (χ2v) is 5.57. The van der Waals surface area contributed by atoms with Gasteiger partial charge in [0.2, 0.25) is 5.91 Å². The molecule has 3 rings (SSSR count). The molecule has 1 aliphatic rings. The number of hydrogen-bond donors (Lipinski definition) is 1. The summed E-state index contributed by atoms with van der Waals surface area (Å²) in [5, 5.41) is 1.51. The number of halogens is 1. The molecule has 0 bridgehead atoms. The van der Waals surface area contributed by atoms with Crippen molar-refractivity contribution in [1.29, 1.82) is 0 Å². The molecule has 1 saturated heterocycles. The van der Waals surface area contributed by atoms with Gasteiger partial charge in [-0.1, -0.05) is 17.7 Å². The lowest BCUT2D eigenvalue weighted by molar-refractivity contribution is -0.128. The first kappa shape index (κ1) is 13.8. The van der Waals surface area contributed by atoms with E-state index in [9.17, 15) is 9.59 Å². The van der Waals surface area contributed by atoms with Gasteiger partial charge in [0.15, 0.2) is 0 Å². The van der Waals surface area contributed by atoms with Crippen molar-refractivity contribution in [3.63, 3.8) is 0 Å². The van der Waals surface area contributed by atoms with Crippen LogP contribution in [0.2, 0.25) is 5.02 Å². The number of fused-ring (bicyclic) bond motifs is 1. The van der Waals surface area contributed by atoms with E-state index >= 15 is 0 Å². The third-order valence-corrected chi connectivity index (χ3v) is 4.15. The van der Waals surface area contributed by atoms with Crippen molar-refractivity contribution in [2.45, 2.75) is 12.8 Å². The minimum Gasteiger partial charge on any atom is -0.351 e. The lowest BCUT2D eigenvalue weighted by Crippen LogP contribution is -2.38. The molecule has 0 saturated carbocycles. The van der Waals surface area contributed by atoms with Crippen LogP contribution in [0.4, 0.5) is 4.79 Å². The van der Waals surface area contributed by atoms with Crippen LogP contribution in [-0.2, 0) is 11.2 Å². The molecule has 0 spiro atoms. The first-order chi connectivity index (χ1) is 10.1. The number of imide groups is 1. The lowest BCUT2D eigenvalue weighted by Gasteiger charge is -2.12. The summed E-state index contributed by atoms with van der Waals surface area (Å²) in [6.45, 7) is 0.398. The number of likely N-dealkylation sites (tertiary alicyclic amines) is 1. The maximum atomic E-state index is 12.1. The molecule has 21 heavy (non-hydrogen) atoms. The van der Waals surface area contributed by atoms with E-state index in [4.69, 9.17) is 17.3 Å². The minimum absolute atomic E-state index is 0.195. The van der Waals surface area contributed by atoms with Crippen molar-refractivity contribution < 1.29 is 9.59 Å². The van der Waals surface area contributed by atoms with Crippen LogP contribution in [0.5, 0.6) is 0 Å². The van der Waals surface area contributed by atoms with Crippen molar-refractivity contribution in [1.82, 2.24) is 9.88 Å². The Morgan fingerprint density at radius 1 is 1.43 bits per heavy atom. The molecule has 108 valence electrons. The van der Waals surface area contributed by atoms with E-state index in [0.717, 1.165) is 21.4 Å². The average Bonchev–Trinajstić information content (AvgIpc) is 2.81. The van der Waals surface area contributed by atoms with E-state index in [1.165, 1.54) is 0 Å². The van der Waals surface area contributed by atoms with E-state index in [0.29, 0.717) is 24.4 Å². The molecule has 0 aliphatic carbocycles. The molecule has 0 radical (unpaired) electrons. The average molecular weight is 304 g/mol. The summed E-state index contributed by atoms with van der Waals surface area (Å²) >= 11 is 6.16. The van der Waals surface area contributed by atoms with Crippen LogP contribution in [0.25, 0.3) is 10.9 Å². The summed E-state index contributed by atoms with van der Waals surface area (Å²) in [5.41, 5.74) is 7.00. The van der Waals surface area contributed by atoms with Crippen molar-refractivity contribution in [3.8, 4) is 0 Å². The van der Waals surface area contributed by atoms with E-state index in [2.05, 4.69) is 4.98 Å². The number of pyridine rings is 1. The molecule has 1 unspecified atom stereocenters. The van der Waals surface area contributed by atoms with Crippen LogP contribution in [-0.4, -0.2) is 28.4 Å². The highest BCUT2D eigenvalue weighted by atomic mass is 35.5. The largest absolute Gasteiger partial charge is 0.351 e. The van der Waals surface area contributed by atoms with Gasteiger partial charge >= 0.3 is 6.03 Å². The molecule has 2 aromatic rings. The first-order valence-electron chi connectivity index (χ1n) is 6.70. The number of carbonyl (C=O) groups is 2. The lowest BCUT2D eigenvalue weighted by atomic mass is 9.97. The van der Waals surface area contributed by atoms with E-state index in [-0.39, 0.29) is 11.8 Å². The number of hydrogen-bond acceptors (Lipinski definition) is 3. The molecule has 2 heterocycles. The van der Waals surface area contributed by atoms with Gasteiger partial charge in [-0.3, -0.25) is 14.7 Å². The van der Waals surface area contributed by atoms with Gasteiger partial charge in [-0.25, -0.2) is 4.79 Å². The van der Waals surface area contributed by atoms with Crippen molar-refractivity contribution in [2.75, 3.05) is 6.54 Å². The van der Waals surface area contributed by atoms with Gasteiger partial charge in [-0.15, -0.1) is 0 Å². The molecule has 2 N–H and O–H groups in total. The second kappa shape index (κ2) is 5.33. The Hall–Kier alpha value is -2.14. The molecule has 1 aromatic heterocycles. The smallest absolute Gasteiger partial charge is 0.321 e. The van der Waals surface area contributed by atoms with Gasteiger partial charge in [-0.05, 0) is 36.6 Å². The summed E-state index contributed by atoms with van der Waals surface area (Å²) in [4.78, 5) is 28.6. The zero-order chi connectivity index (χ0) is 15.0. The van der Waals surface area contributed by atoms with Gasteiger partial charge in [0.1, 0.15) is 0 Å².